The molecular formula is C13H30IN3. The smallest absolute Gasteiger partial charge is 0.191 e. The van der Waals surface area contributed by atoms with Gasteiger partial charge < -0.3 is 10.6 Å². The van der Waals surface area contributed by atoms with E-state index in [-0.39, 0.29) is 24.0 Å². The third-order valence-corrected chi connectivity index (χ3v) is 3.00. The highest BCUT2D eigenvalue weighted by Gasteiger charge is 2.05. The number of halogens is 1. The molecule has 0 amide bonds. The maximum Gasteiger partial charge on any atom is 0.191 e. The predicted molar refractivity (Wildman–Crippen MR) is 88.4 cm³/mol. The van der Waals surface area contributed by atoms with Gasteiger partial charge in [-0.3, -0.25) is 4.99 Å². The van der Waals surface area contributed by atoms with Crippen molar-refractivity contribution < 1.29 is 0 Å². The van der Waals surface area contributed by atoms with Gasteiger partial charge >= 0.3 is 0 Å². The highest BCUT2D eigenvalue weighted by atomic mass is 127. The number of guanidine groups is 1. The van der Waals surface area contributed by atoms with Gasteiger partial charge in [0.1, 0.15) is 0 Å². The lowest BCUT2D eigenvalue weighted by molar-refractivity contribution is 0.502. The van der Waals surface area contributed by atoms with E-state index in [0.29, 0.717) is 12.0 Å². The molecule has 0 spiro atoms. The van der Waals surface area contributed by atoms with Crippen molar-refractivity contribution in [2.45, 2.75) is 59.9 Å². The largest absolute Gasteiger partial charge is 0.357 e. The molecule has 0 rings (SSSR count). The number of hydrogen-bond acceptors (Lipinski definition) is 1. The number of nitrogens with zero attached hydrogens (tertiary/aromatic N) is 1. The average Bonchev–Trinajstić information content (AvgIpc) is 2.30. The van der Waals surface area contributed by atoms with Crippen LogP contribution in [0.5, 0.6) is 0 Å². The molecule has 0 bridgehead atoms. The first-order valence-electron chi connectivity index (χ1n) is 6.72. The summed E-state index contributed by atoms with van der Waals surface area (Å²) in [4.78, 5) is 4.64. The Morgan fingerprint density at radius 3 is 2.06 bits per heavy atom. The molecule has 1 unspecified atom stereocenters. The Labute approximate surface area is 124 Å². The second kappa shape index (κ2) is 12.5. The van der Waals surface area contributed by atoms with E-state index in [1.54, 1.807) is 0 Å². The van der Waals surface area contributed by atoms with E-state index in [2.05, 4.69) is 50.2 Å². The van der Waals surface area contributed by atoms with Gasteiger partial charge in [0.2, 0.25) is 0 Å². The lowest BCUT2D eigenvalue weighted by atomic mass is 10.0. The molecule has 0 radical (unpaired) electrons. The molecule has 104 valence electrons. The summed E-state index contributed by atoms with van der Waals surface area (Å²) in [5, 5.41) is 6.70. The molecule has 0 aliphatic rings. The fraction of sp³-hybridized carbons (Fsp3) is 0.923. The molecule has 0 aromatic carbocycles. The zero-order valence-corrected chi connectivity index (χ0v) is 14.4. The van der Waals surface area contributed by atoms with Gasteiger partial charge in [0.15, 0.2) is 5.96 Å². The first-order valence-corrected chi connectivity index (χ1v) is 6.72. The third-order valence-electron chi connectivity index (χ3n) is 3.00. The Balaban J connectivity index is 0. The fourth-order valence-corrected chi connectivity index (χ4v) is 1.42. The Morgan fingerprint density at radius 1 is 1.06 bits per heavy atom. The van der Waals surface area contributed by atoms with Crippen molar-refractivity contribution in [3.8, 4) is 0 Å². The van der Waals surface area contributed by atoms with Crippen LogP contribution < -0.4 is 10.6 Å². The summed E-state index contributed by atoms with van der Waals surface area (Å²) in [5.74, 6) is 1.68. The lowest BCUT2D eigenvalue weighted by Crippen LogP contribution is -2.42. The average molecular weight is 355 g/mol. The standard InChI is InChI=1S/C13H29N3.HI/c1-6-11(5)16-13(14-9-4)15-10-12(7-2)8-3;/h11-12H,6-10H2,1-5H3,(H2,14,15,16);1H. The second-order valence-corrected chi connectivity index (χ2v) is 4.36. The van der Waals surface area contributed by atoms with Crippen molar-refractivity contribution in [3.63, 3.8) is 0 Å². The van der Waals surface area contributed by atoms with E-state index in [1.165, 1.54) is 12.8 Å². The van der Waals surface area contributed by atoms with Crippen LogP contribution in [-0.2, 0) is 0 Å². The minimum Gasteiger partial charge on any atom is -0.357 e. The maximum absolute atomic E-state index is 4.64. The molecule has 0 aromatic heterocycles. The number of rotatable bonds is 7. The van der Waals surface area contributed by atoms with Crippen molar-refractivity contribution in [2.24, 2.45) is 10.9 Å². The van der Waals surface area contributed by atoms with Gasteiger partial charge in [0, 0.05) is 19.1 Å². The molecule has 3 nitrogen and oxygen atoms in total. The van der Waals surface area contributed by atoms with E-state index in [1.807, 2.05) is 0 Å². The predicted octanol–water partition coefficient (Wildman–Crippen LogP) is 3.39. The zero-order valence-electron chi connectivity index (χ0n) is 12.0. The molecule has 0 saturated heterocycles. The van der Waals surface area contributed by atoms with Gasteiger partial charge in [0.25, 0.3) is 0 Å². The first kappa shape index (κ1) is 19.3. The lowest BCUT2D eigenvalue weighted by Gasteiger charge is -2.17. The van der Waals surface area contributed by atoms with Gasteiger partial charge in [-0.1, -0.05) is 33.6 Å². The summed E-state index contributed by atoms with van der Waals surface area (Å²) >= 11 is 0. The molecule has 1 atom stereocenters. The van der Waals surface area contributed by atoms with Crippen LogP contribution in [0, 0.1) is 5.92 Å². The maximum atomic E-state index is 4.64. The van der Waals surface area contributed by atoms with Crippen LogP contribution in [0.2, 0.25) is 0 Å². The molecular weight excluding hydrogens is 325 g/mol. The van der Waals surface area contributed by atoms with Crippen LogP contribution in [0.25, 0.3) is 0 Å². The molecule has 0 heterocycles. The van der Waals surface area contributed by atoms with Crippen LogP contribution in [0.4, 0.5) is 0 Å². The van der Waals surface area contributed by atoms with Crippen molar-refractivity contribution >= 4 is 29.9 Å². The van der Waals surface area contributed by atoms with E-state index >= 15 is 0 Å². The number of aliphatic imine (C=N–C) groups is 1. The van der Waals surface area contributed by atoms with E-state index in [9.17, 15) is 0 Å². The van der Waals surface area contributed by atoms with Gasteiger partial charge in [-0.15, -0.1) is 24.0 Å². The summed E-state index contributed by atoms with van der Waals surface area (Å²) in [7, 11) is 0. The van der Waals surface area contributed by atoms with Crippen molar-refractivity contribution in [1.82, 2.24) is 10.6 Å². The Morgan fingerprint density at radius 2 is 1.65 bits per heavy atom. The van der Waals surface area contributed by atoms with Crippen molar-refractivity contribution in [2.75, 3.05) is 13.1 Å². The summed E-state index contributed by atoms with van der Waals surface area (Å²) in [6.07, 6.45) is 3.54. The monoisotopic (exact) mass is 355 g/mol. The van der Waals surface area contributed by atoms with Crippen LogP contribution in [0.15, 0.2) is 4.99 Å². The summed E-state index contributed by atoms with van der Waals surface area (Å²) in [5.41, 5.74) is 0. The van der Waals surface area contributed by atoms with Crippen LogP contribution in [-0.4, -0.2) is 25.1 Å². The third kappa shape index (κ3) is 9.68. The van der Waals surface area contributed by atoms with Crippen LogP contribution >= 0.6 is 24.0 Å². The number of nitrogens with one attached hydrogen (secondary N) is 2. The van der Waals surface area contributed by atoms with Crippen LogP contribution in [0.1, 0.15) is 53.9 Å². The van der Waals surface area contributed by atoms with Crippen molar-refractivity contribution in [1.29, 1.82) is 0 Å². The van der Waals surface area contributed by atoms with E-state index in [0.717, 1.165) is 25.5 Å². The Hall–Kier alpha value is 0. The molecule has 2 N–H and O–H groups in total. The molecule has 0 aliphatic carbocycles. The normalized spacial score (nSPS) is 13.2. The number of hydrogen-bond donors (Lipinski definition) is 2. The SMILES string of the molecule is CCNC(=NCC(CC)CC)NC(C)CC.I. The van der Waals surface area contributed by atoms with E-state index in [4.69, 9.17) is 0 Å². The minimum absolute atomic E-state index is 0. The van der Waals surface area contributed by atoms with Gasteiger partial charge in [-0.25, -0.2) is 0 Å². The topological polar surface area (TPSA) is 36.4 Å². The summed E-state index contributed by atoms with van der Waals surface area (Å²) < 4.78 is 0. The second-order valence-electron chi connectivity index (χ2n) is 4.36. The molecule has 0 saturated carbocycles. The van der Waals surface area contributed by atoms with Gasteiger partial charge in [-0.05, 0) is 26.2 Å². The fourth-order valence-electron chi connectivity index (χ4n) is 1.42. The van der Waals surface area contributed by atoms with Gasteiger partial charge in [0.05, 0.1) is 0 Å². The highest BCUT2D eigenvalue weighted by Crippen LogP contribution is 2.07. The zero-order chi connectivity index (χ0) is 12.4. The molecule has 4 heteroatoms. The first-order chi connectivity index (χ1) is 7.67. The summed E-state index contributed by atoms with van der Waals surface area (Å²) in [6, 6.07) is 0.486. The van der Waals surface area contributed by atoms with Crippen molar-refractivity contribution in [3.05, 3.63) is 0 Å². The quantitative estimate of drug-likeness (QED) is 0.417. The molecule has 17 heavy (non-hydrogen) atoms. The minimum atomic E-state index is 0. The Kier molecular flexibility index (Phi) is 14.2. The van der Waals surface area contributed by atoms with E-state index < -0.39 is 0 Å². The molecule has 0 fully saturated rings. The highest BCUT2D eigenvalue weighted by molar-refractivity contribution is 14.0. The summed E-state index contributed by atoms with van der Waals surface area (Å²) in [6.45, 7) is 12.8. The molecule has 0 aliphatic heterocycles. The van der Waals surface area contributed by atoms with Gasteiger partial charge in [-0.2, -0.15) is 0 Å². The van der Waals surface area contributed by atoms with Crippen LogP contribution in [0.3, 0.4) is 0 Å². The molecule has 0 aromatic rings. The Bertz CT molecular complexity index is 191.